The summed E-state index contributed by atoms with van der Waals surface area (Å²) in [5.41, 5.74) is -5.73. The van der Waals surface area contributed by atoms with E-state index in [1.54, 1.807) is 6.92 Å². The molecule has 0 heterocycles. The van der Waals surface area contributed by atoms with Gasteiger partial charge in [0.05, 0.1) is 0 Å². The van der Waals surface area contributed by atoms with E-state index in [1.165, 1.54) is 6.08 Å². The van der Waals surface area contributed by atoms with Crippen molar-refractivity contribution in [3.8, 4) is 0 Å². The van der Waals surface area contributed by atoms with E-state index in [0.717, 1.165) is 5.57 Å². The second-order valence-electron chi connectivity index (χ2n) is 10.3. The predicted molar refractivity (Wildman–Crippen MR) is 107 cm³/mol. The van der Waals surface area contributed by atoms with Gasteiger partial charge in [-0.1, -0.05) is 25.5 Å². The van der Waals surface area contributed by atoms with E-state index in [2.05, 4.69) is 8.92 Å². The van der Waals surface area contributed by atoms with Gasteiger partial charge in [0.15, 0.2) is 0 Å². The van der Waals surface area contributed by atoms with Crippen molar-refractivity contribution >= 4 is 16.1 Å². The molecule has 0 aromatic heterocycles. The van der Waals surface area contributed by atoms with Crippen LogP contribution in [0.2, 0.25) is 0 Å². The Balaban J connectivity index is 1.51. The van der Waals surface area contributed by atoms with Crippen LogP contribution >= 0.6 is 0 Å². The first-order chi connectivity index (χ1) is 15.5. The van der Waals surface area contributed by atoms with Crippen LogP contribution in [-0.2, 0) is 23.8 Å². The monoisotopic (exact) mass is 516 g/mol. The lowest BCUT2D eigenvalue weighted by Gasteiger charge is -2.57. The van der Waals surface area contributed by atoms with E-state index < -0.39 is 39.3 Å². The van der Waals surface area contributed by atoms with Gasteiger partial charge in [0, 0.05) is 11.8 Å². The van der Waals surface area contributed by atoms with Crippen molar-refractivity contribution in [2.75, 3.05) is 0 Å². The highest BCUT2D eigenvalue weighted by atomic mass is 32.2. The van der Waals surface area contributed by atoms with Crippen LogP contribution in [0.15, 0.2) is 23.5 Å². The van der Waals surface area contributed by atoms with E-state index in [4.69, 9.17) is 0 Å². The molecule has 0 bridgehead atoms. The normalized spacial score (nSPS) is 38.1. The predicted octanol–water partition coefficient (Wildman–Crippen LogP) is 5.78. The van der Waals surface area contributed by atoms with Crippen molar-refractivity contribution in [2.45, 2.75) is 76.6 Å². The number of carbonyl (C=O) groups is 1. The third-order valence-corrected chi connectivity index (χ3v) is 9.52. The van der Waals surface area contributed by atoms with Crippen molar-refractivity contribution in [3.05, 3.63) is 23.5 Å². The smallest absolute Gasteiger partial charge is 0.455 e. The quantitative estimate of drug-likeness (QED) is 0.156. The van der Waals surface area contributed by atoms with Crippen LogP contribution in [0.1, 0.15) is 58.8 Å². The summed E-state index contributed by atoms with van der Waals surface area (Å²) in [6.07, 6.45) is 0.578. The second kappa shape index (κ2) is 7.89. The zero-order valence-corrected chi connectivity index (χ0v) is 19.4. The van der Waals surface area contributed by atoms with Gasteiger partial charge in [-0.2, -0.15) is 34.8 Å². The van der Waals surface area contributed by atoms with Crippen LogP contribution in [-0.4, -0.2) is 32.2 Å². The number of hydrogen-bond donors (Lipinski definition) is 0. The minimum Gasteiger partial charge on any atom is -0.455 e. The average molecular weight is 517 g/mol. The largest absolute Gasteiger partial charge is 0.534 e. The Morgan fingerprint density at radius 1 is 0.971 bits per heavy atom. The number of alkyl halides is 6. The summed E-state index contributed by atoms with van der Waals surface area (Å²) >= 11 is 0. The highest BCUT2D eigenvalue weighted by Crippen LogP contribution is 2.65. The van der Waals surface area contributed by atoms with Crippen LogP contribution in [0.25, 0.3) is 0 Å². The first kappa shape index (κ1) is 25.4. The molecule has 4 aliphatic carbocycles. The highest BCUT2D eigenvalue weighted by molar-refractivity contribution is 7.87. The van der Waals surface area contributed by atoms with Gasteiger partial charge in [-0.25, -0.2) is 4.79 Å². The third kappa shape index (κ3) is 4.03. The van der Waals surface area contributed by atoms with Crippen molar-refractivity contribution in [1.82, 2.24) is 0 Å². The molecule has 0 amide bonds. The Bertz CT molecular complexity index is 1030. The number of hydrogen-bond acceptors (Lipinski definition) is 5. The Kier molecular flexibility index (Phi) is 5.89. The number of fused-ring (bicyclic) bond motifs is 5. The van der Waals surface area contributed by atoms with Gasteiger partial charge < -0.3 is 8.92 Å². The van der Waals surface area contributed by atoms with Crippen molar-refractivity contribution in [2.24, 2.45) is 28.6 Å². The van der Waals surface area contributed by atoms with Gasteiger partial charge >= 0.3 is 27.8 Å². The Morgan fingerprint density at radius 2 is 1.62 bits per heavy atom. The first-order valence-corrected chi connectivity index (χ1v) is 12.6. The molecule has 5 nitrogen and oxygen atoms in total. The molecule has 34 heavy (non-hydrogen) atoms. The summed E-state index contributed by atoms with van der Waals surface area (Å²) in [5.74, 6) is -2.26. The number of ether oxygens (including phenoxy) is 1. The van der Waals surface area contributed by atoms with E-state index in [0.29, 0.717) is 32.1 Å². The van der Waals surface area contributed by atoms with Gasteiger partial charge in [0.2, 0.25) is 0 Å². The average Bonchev–Trinajstić information content (AvgIpc) is 3.02. The van der Waals surface area contributed by atoms with Crippen molar-refractivity contribution < 1.29 is 48.5 Å². The molecule has 0 saturated heterocycles. The Labute approximate surface area is 193 Å². The van der Waals surface area contributed by atoms with Gasteiger partial charge in [0.25, 0.3) is 0 Å². The van der Waals surface area contributed by atoms with Crippen LogP contribution in [0.4, 0.5) is 26.3 Å². The summed E-state index contributed by atoms with van der Waals surface area (Å²) in [6, 6.07) is 0. The summed E-state index contributed by atoms with van der Waals surface area (Å²) in [4.78, 5) is 11.3. The van der Waals surface area contributed by atoms with Gasteiger partial charge in [-0.3, -0.25) is 0 Å². The van der Waals surface area contributed by atoms with Crippen molar-refractivity contribution in [1.29, 1.82) is 0 Å². The minimum absolute atomic E-state index is 0.0627. The van der Waals surface area contributed by atoms with E-state index in [9.17, 15) is 39.6 Å². The lowest BCUT2D eigenvalue weighted by molar-refractivity contribution is -0.206. The molecule has 4 rings (SSSR count). The number of rotatable bonds is 3. The molecule has 2 saturated carbocycles. The van der Waals surface area contributed by atoms with Gasteiger partial charge in [-0.15, -0.1) is 0 Å². The lowest BCUT2D eigenvalue weighted by atomic mass is 9.48. The minimum atomic E-state index is -5.76. The number of allylic oxidation sites excluding steroid dienone is 3. The lowest BCUT2D eigenvalue weighted by Crippen LogP contribution is -2.50. The summed E-state index contributed by atoms with van der Waals surface area (Å²) < 4.78 is 109. The topological polar surface area (TPSA) is 69.7 Å². The molecule has 0 aliphatic heterocycles. The first-order valence-electron chi connectivity index (χ1n) is 11.2. The maximum absolute atomic E-state index is 12.9. The van der Waals surface area contributed by atoms with Crippen molar-refractivity contribution in [3.63, 3.8) is 0 Å². The van der Waals surface area contributed by atoms with E-state index in [1.807, 2.05) is 13.0 Å². The fourth-order valence-corrected chi connectivity index (χ4v) is 7.36. The molecule has 0 aromatic rings. The van der Waals surface area contributed by atoms with Crippen LogP contribution in [0.3, 0.4) is 0 Å². The fourth-order valence-electron chi connectivity index (χ4n) is 6.77. The Hall–Kier alpha value is -1.72. The van der Waals surface area contributed by atoms with Gasteiger partial charge in [-0.05, 0) is 67.8 Å². The zero-order valence-electron chi connectivity index (χ0n) is 18.6. The van der Waals surface area contributed by atoms with Crippen LogP contribution < -0.4 is 0 Å². The molecule has 6 unspecified atom stereocenters. The third-order valence-electron chi connectivity index (χ3n) is 8.56. The molecule has 6 atom stereocenters. The highest BCUT2D eigenvalue weighted by Gasteiger charge is 2.59. The molecule has 0 N–H and O–H groups in total. The van der Waals surface area contributed by atoms with Crippen LogP contribution in [0.5, 0.6) is 0 Å². The molecular formula is C22H26F6O5S. The molecule has 192 valence electrons. The molecular weight excluding hydrogens is 490 g/mol. The Morgan fingerprint density at radius 3 is 2.24 bits per heavy atom. The molecule has 0 radical (unpaired) electrons. The standard InChI is InChI=1S/C22H26F6O5S/c1-19-9-7-13(32-18(29)21(23,24)25)11-12(19)3-4-14-15-5-6-17(20(15,2)10-8-16(14)19)33-34(30,31)22(26,27)28/h3,6,13-16H,4-5,7-11H2,1-2H3. The molecule has 4 aliphatic rings. The summed E-state index contributed by atoms with van der Waals surface area (Å²) in [7, 11) is -5.76. The van der Waals surface area contributed by atoms with Gasteiger partial charge in [0.1, 0.15) is 11.9 Å². The number of esters is 1. The summed E-state index contributed by atoms with van der Waals surface area (Å²) in [5, 5.41) is 0. The molecule has 0 spiro atoms. The number of halogens is 6. The summed E-state index contributed by atoms with van der Waals surface area (Å²) in [6.45, 7) is 3.79. The maximum atomic E-state index is 12.9. The molecule has 0 aromatic carbocycles. The second-order valence-corrected chi connectivity index (χ2v) is 11.8. The SMILES string of the molecule is CC12CCC(OC(=O)C(F)(F)F)CC1=CCC1C2CCC2(C)C(OS(=O)(=O)C(F)(F)F)=CCC12. The van der Waals surface area contributed by atoms with E-state index in [-0.39, 0.29) is 41.8 Å². The maximum Gasteiger partial charge on any atom is 0.534 e. The van der Waals surface area contributed by atoms with Crippen LogP contribution in [0, 0.1) is 28.6 Å². The number of carbonyl (C=O) groups excluding carboxylic acids is 1. The molecule has 2 fully saturated rings. The zero-order chi connectivity index (χ0) is 25.3. The van der Waals surface area contributed by atoms with E-state index >= 15 is 0 Å². The fraction of sp³-hybridized carbons (Fsp3) is 0.773. The molecule has 12 heteroatoms.